The van der Waals surface area contributed by atoms with Crippen molar-refractivity contribution in [3.05, 3.63) is 59.8 Å². The first kappa shape index (κ1) is 14.2. The van der Waals surface area contributed by atoms with Crippen LogP contribution in [0.2, 0.25) is 0 Å². The van der Waals surface area contributed by atoms with Gasteiger partial charge in [-0.15, -0.1) is 11.8 Å². The Labute approximate surface area is 129 Å². The molecule has 3 nitrogen and oxygen atoms in total. The van der Waals surface area contributed by atoms with Crippen LogP contribution in [-0.2, 0) is 19.3 Å². The molecule has 3 rings (SSSR count). The van der Waals surface area contributed by atoms with E-state index in [2.05, 4.69) is 58.9 Å². The van der Waals surface area contributed by atoms with Gasteiger partial charge in [-0.2, -0.15) is 5.10 Å². The molecule has 0 aliphatic rings. The second-order valence-corrected chi connectivity index (χ2v) is 6.10. The van der Waals surface area contributed by atoms with Crippen LogP contribution in [-0.4, -0.2) is 16.8 Å². The van der Waals surface area contributed by atoms with Crippen molar-refractivity contribution in [2.75, 3.05) is 7.05 Å². The van der Waals surface area contributed by atoms with Gasteiger partial charge in [-0.1, -0.05) is 30.3 Å². The lowest BCUT2D eigenvalue weighted by atomic mass is 10.2. The third-order valence-corrected chi connectivity index (χ3v) is 4.49. The second-order valence-electron chi connectivity index (χ2n) is 5.05. The van der Waals surface area contributed by atoms with E-state index in [4.69, 9.17) is 0 Å². The summed E-state index contributed by atoms with van der Waals surface area (Å²) in [6.07, 6.45) is 0. The van der Waals surface area contributed by atoms with Gasteiger partial charge in [0.05, 0.1) is 11.2 Å². The summed E-state index contributed by atoms with van der Waals surface area (Å²) in [6.45, 7) is 0.904. The third kappa shape index (κ3) is 3.12. The van der Waals surface area contributed by atoms with E-state index in [-0.39, 0.29) is 0 Å². The topological polar surface area (TPSA) is 29.9 Å². The molecular weight excluding hydrogens is 278 g/mol. The number of para-hydroxylation sites is 1. The highest BCUT2D eigenvalue weighted by molar-refractivity contribution is 7.98. The summed E-state index contributed by atoms with van der Waals surface area (Å²) in [4.78, 5) is 1.29. The SMILES string of the molecule is CNCc1cccc(SCc2nn(C)c3ccccc23)c1. The Morgan fingerprint density at radius 1 is 1.14 bits per heavy atom. The van der Waals surface area contributed by atoms with Crippen molar-refractivity contribution < 1.29 is 0 Å². The number of benzene rings is 2. The number of aryl methyl sites for hydroxylation is 1. The number of rotatable bonds is 5. The molecule has 108 valence electrons. The first-order valence-corrected chi connectivity index (χ1v) is 8.03. The fourth-order valence-corrected chi connectivity index (χ4v) is 3.42. The Morgan fingerprint density at radius 3 is 2.86 bits per heavy atom. The minimum Gasteiger partial charge on any atom is -0.316 e. The van der Waals surface area contributed by atoms with Crippen molar-refractivity contribution in [2.24, 2.45) is 7.05 Å². The van der Waals surface area contributed by atoms with Gasteiger partial charge < -0.3 is 5.32 Å². The number of aromatic nitrogens is 2. The Hall–Kier alpha value is -1.78. The van der Waals surface area contributed by atoms with Crippen LogP contribution in [0.4, 0.5) is 0 Å². The van der Waals surface area contributed by atoms with Crippen LogP contribution in [0.1, 0.15) is 11.3 Å². The molecule has 0 amide bonds. The van der Waals surface area contributed by atoms with Gasteiger partial charge in [0, 0.05) is 29.6 Å². The average Bonchev–Trinajstić information content (AvgIpc) is 2.83. The quantitative estimate of drug-likeness (QED) is 0.730. The maximum absolute atomic E-state index is 4.65. The van der Waals surface area contributed by atoms with Crippen molar-refractivity contribution >= 4 is 22.7 Å². The number of nitrogens with one attached hydrogen (secondary N) is 1. The average molecular weight is 297 g/mol. The van der Waals surface area contributed by atoms with Crippen LogP contribution >= 0.6 is 11.8 Å². The van der Waals surface area contributed by atoms with Crippen molar-refractivity contribution in [3.8, 4) is 0 Å². The number of thioether (sulfide) groups is 1. The molecule has 2 aromatic carbocycles. The summed E-state index contributed by atoms with van der Waals surface area (Å²) in [5, 5.41) is 9.08. The lowest BCUT2D eigenvalue weighted by molar-refractivity contribution is 0.781. The zero-order valence-electron chi connectivity index (χ0n) is 12.3. The van der Waals surface area contributed by atoms with Gasteiger partial charge in [0.15, 0.2) is 0 Å². The van der Waals surface area contributed by atoms with Crippen molar-refractivity contribution in [1.29, 1.82) is 0 Å². The van der Waals surface area contributed by atoms with Crippen LogP contribution in [0.15, 0.2) is 53.4 Å². The molecule has 21 heavy (non-hydrogen) atoms. The van der Waals surface area contributed by atoms with E-state index in [0.717, 1.165) is 18.0 Å². The van der Waals surface area contributed by atoms with E-state index >= 15 is 0 Å². The third-order valence-electron chi connectivity index (χ3n) is 3.49. The number of hydrogen-bond acceptors (Lipinski definition) is 3. The predicted molar refractivity (Wildman–Crippen MR) is 89.5 cm³/mol. The maximum atomic E-state index is 4.65. The molecule has 0 fully saturated rings. The molecule has 0 radical (unpaired) electrons. The zero-order chi connectivity index (χ0) is 14.7. The first-order chi connectivity index (χ1) is 10.3. The normalized spacial score (nSPS) is 11.1. The number of fused-ring (bicyclic) bond motifs is 1. The van der Waals surface area contributed by atoms with Gasteiger partial charge in [0.25, 0.3) is 0 Å². The van der Waals surface area contributed by atoms with E-state index < -0.39 is 0 Å². The summed E-state index contributed by atoms with van der Waals surface area (Å²) >= 11 is 1.84. The molecule has 0 aliphatic carbocycles. The highest BCUT2D eigenvalue weighted by Crippen LogP contribution is 2.27. The smallest absolute Gasteiger partial charge is 0.0805 e. The van der Waals surface area contributed by atoms with Gasteiger partial charge in [0.1, 0.15) is 0 Å². The Bertz CT molecular complexity index is 749. The van der Waals surface area contributed by atoms with E-state index in [9.17, 15) is 0 Å². The maximum Gasteiger partial charge on any atom is 0.0805 e. The van der Waals surface area contributed by atoms with E-state index in [0.29, 0.717) is 0 Å². The van der Waals surface area contributed by atoms with Crippen LogP contribution in [0, 0.1) is 0 Å². The molecular formula is C17H19N3S. The summed E-state index contributed by atoms with van der Waals surface area (Å²) in [7, 11) is 3.98. The molecule has 0 saturated carbocycles. The Morgan fingerprint density at radius 2 is 2.00 bits per heavy atom. The summed E-state index contributed by atoms with van der Waals surface area (Å²) in [6, 6.07) is 17.1. The molecule has 1 N–H and O–H groups in total. The molecule has 0 saturated heterocycles. The van der Waals surface area contributed by atoms with Crippen molar-refractivity contribution in [2.45, 2.75) is 17.2 Å². The number of hydrogen-bond donors (Lipinski definition) is 1. The van der Waals surface area contributed by atoms with Gasteiger partial charge in [-0.05, 0) is 30.8 Å². The first-order valence-electron chi connectivity index (χ1n) is 7.05. The van der Waals surface area contributed by atoms with Gasteiger partial charge in [-0.3, -0.25) is 4.68 Å². The minimum absolute atomic E-state index is 0.893. The molecule has 0 atom stereocenters. The van der Waals surface area contributed by atoms with Crippen LogP contribution in [0.25, 0.3) is 10.9 Å². The molecule has 0 aliphatic heterocycles. The van der Waals surface area contributed by atoms with Gasteiger partial charge in [0.2, 0.25) is 0 Å². The van der Waals surface area contributed by atoms with E-state index in [1.54, 1.807) is 0 Å². The monoisotopic (exact) mass is 297 g/mol. The Balaban J connectivity index is 1.79. The lowest BCUT2D eigenvalue weighted by Crippen LogP contribution is -2.04. The zero-order valence-corrected chi connectivity index (χ0v) is 13.2. The Kier molecular flexibility index (Phi) is 4.27. The highest BCUT2D eigenvalue weighted by atomic mass is 32.2. The molecule has 1 aromatic heterocycles. The standard InChI is InChI=1S/C17H19N3S/c1-18-11-13-6-5-7-14(10-13)21-12-16-15-8-3-4-9-17(15)20(2)19-16/h3-10,18H,11-12H2,1-2H3. The summed E-state index contributed by atoms with van der Waals surface area (Å²) in [5.41, 5.74) is 3.66. The highest BCUT2D eigenvalue weighted by Gasteiger charge is 2.08. The number of nitrogens with zero attached hydrogens (tertiary/aromatic N) is 2. The van der Waals surface area contributed by atoms with Crippen LogP contribution in [0.5, 0.6) is 0 Å². The molecule has 0 unspecified atom stereocenters. The van der Waals surface area contributed by atoms with E-state index in [1.165, 1.54) is 21.4 Å². The van der Waals surface area contributed by atoms with Crippen molar-refractivity contribution in [3.63, 3.8) is 0 Å². The molecule has 0 bridgehead atoms. The van der Waals surface area contributed by atoms with Crippen LogP contribution < -0.4 is 5.32 Å². The molecule has 1 heterocycles. The fourth-order valence-electron chi connectivity index (χ4n) is 2.50. The van der Waals surface area contributed by atoms with Gasteiger partial charge >= 0.3 is 0 Å². The summed E-state index contributed by atoms with van der Waals surface area (Å²) < 4.78 is 1.96. The predicted octanol–water partition coefficient (Wildman–Crippen LogP) is 3.59. The molecule has 4 heteroatoms. The molecule has 0 spiro atoms. The minimum atomic E-state index is 0.893. The molecule has 3 aromatic rings. The lowest BCUT2D eigenvalue weighted by Gasteiger charge is -2.04. The fraction of sp³-hybridized carbons (Fsp3) is 0.235. The second kappa shape index (κ2) is 6.33. The van der Waals surface area contributed by atoms with Crippen LogP contribution in [0.3, 0.4) is 0 Å². The van der Waals surface area contributed by atoms with Crippen molar-refractivity contribution in [1.82, 2.24) is 15.1 Å². The summed E-state index contributed by atoms with van der Waals surface area (Å²) in [5.74, 6) is 0.893. The van der Waals surface area contributed by atoms with E-state index in [1.807, 2.05) is 30.5 Å². The van der Waals surface area contributed by atoms with Gasteiger partial charge in [-0.25, -0.2) is 0 Å². The largest absolute Gasteiger partial charge is 0.316 e.